The number of hydrazine groups is 1. The quantitative estimate of drug-likeness (QED) is 0.0538. The van der Waals surface area contributed by atoms with E-state index in [1.165, 1.54) is 12.4 Å². The molecule has 1 amide bonds. The highest BCUT2D eigenvalue weighted by molar-refractivity contribution is 6.27. The molecule has 1 aliphatic rings. The summed E-state index contributed by atoms with van der Waals surface area (Å²) in [6.07, 6.45) is 4.68. The first-order chi connectivity index (χ1) is 19.0. The smallest absolute Gasteiger partial charge is 0.273 e. The van der Waals surface area contributed by atoms with Crippen LogP contribution in [0.2, 0.25) is 0 Å². The van der Waals surface area contributed by atoms with Gasteiger partial charge in [0.25, 0.3) is 5.91 Å². The van der Waals surface area contributed by atoms with Gasteiger partial charge >= 0.3 is 0 Å². The first-order valence-corrected chi connectivity index (χ1v) is 12.4. The van der Waals surface area contributed by atoms with Crippen LogP contribution in [0.4, 0.5) is 11.4 Å². The van der Waals surface area contributed by atoms with Crippen molar-refractivity contribution in [3.05, 3.63) is 129 Å². The van der Waals surface area contributed by atoms with Crippen LogP contribution in [0.15, 0.2) is 90.2 Å². The minimum Gasteiger partial charge on any atom is -0.374 e. The van der Waals surface area contributed by atoms with Gasteiger partial charge in [-0.15, -0.1) is 0 Å². The van der Waals surface area contributed by atoms with E-state index in [9.17, 15) is 4.79 Å². The maximum atomic E-state index is 14.0. The molecule has 194 valence electrons. The number of carbonyl (C=O) groups excluding carboxylic acids is 1. The Morgan fingerprint density at radius 1 is 1.21 bits per heavy atom. The second-order valence-electron chi connectivity index (χ2n) is 9.25. The molecular weight excluding hydrogens is 490 g/mol. The zero-order valence-electron chi connectivity index (χ0n) is 21.3. The number of hydrogen-bond donors (Lipinski definition) is 3. The minimum atomic E-state index is -0.402. The van der Waals surface area contributed by atoms with E-state index in [1.807, 2.05) is 85.8 Å². The Morgan fingerprint density at radius 3 is 2.69 bits per heavy atom. The van der Waals surface area contributed by atoms with Gasteiger partial charge in [0.2, 0.25) is 0 Å². The molecule has 0 bridgehead atoms. The van der Waals surface area contributed by atoms with E-state index >= 15 is 0 Å². The highest BCUT2D eigenvalue weighted by atomic mass is 16.2. The van der Waals surface area contributed by atoms with Gasteiger partial charge in [-0.1, -0.05) is 71.3 Å². The Hall–Kier alpha value is -5.18. The molecule has 0 aliphatic carbocycles. The van der Waals surface area contributed by atoms with E-state index in [4.69, 9.17) is 16.8 Å². The molecule has 3 aromatic carbocycles. The molecule has 1 aromatic heterocycles. The molecule has 4 aromatic rings. The summed E-state index contributed by atoms with van der Waals surface area (Å²) < 4.78 is 1.66. The molecule has 39 heavy (non-hydrogen) atoms. The SMILES string of the molecule is Cc1ccc2c(c1)C(C(=O)N(N)c1cnn(Cc3ccc(C=N)cc3)c1CN=[N+]=[N-])=CC(c1ccccc1)N2. The van der Waals surface area contributed by atoms with Crippen LogP contribution in [-0.4, -0.2) is 21.9 Å². The number of amides is 1. The Bertz CT molecular complexity index is 1600. The average Bonchev–Trinajstić information content (AvgIpc) is 3.37. The Labute approximate surface area is 225 Å². The summed E-state index contributed by atoms with van der Waals surface area (Å²) in [6.45, 7) is 2.32. The van der Waals surface area contributed by atoms with E-state index in [0.717, 1.165) is 38.5 Å². The van der Waals surface area contributed by atoms with Crippen LogP contribution in [0.1, 0.15) is 39.6 Å². The molecule has 0 saturated heterocycles. The molecule has 5 rings (SSSR count). The number of rotatable bonds is 8. The van der Waals surface area contributed by atoms with Crippen molar-refractivity contribution in [2.24, 2.45) is 11.0 Å². The second kappa shape index (κ2) is 11.1. The summed E-state index contributed by atoms with van der Waals surface area (Å²) in [6, 6.07) is 23.1. The average molecular weight is 518 g/mol. The van der Waals surface area contributed by atoms with Gasteiger partial charge in [-0.3, -0.25) is 9.48 Å². The maximum Gasteiger partial charge on any atom is 0.273 e. The first-order valence-electron chi connectivity index (χ1n) is 12.4. The first kappa shape index (κ1) is 25.5. The number of nitrogens with zero attached hydrogens (tertiary/aromatic N) is 6. The zero-order valence-corrected chi connectivity index (χ0v) is 21.3. The molecule has 0 saturated carbocycles. The van der Waals surface area contributed by atoms with E-state index in [2.05, 4.69) is 20.4 Å². The summed E-state index contributed by atoms with van der Waals surface area (Å²) >= 11 is 0. The Morgan fingerprint density at radius 2 is 1.97 bits per heavy atom. The van der Waals surface area contributed by atoms with Gasteiger partial charge in [-0.25, -0.2) is 10.9 Å². The van der Waals surface area contributed by atoms with Crippen molar-refractivity contribution in [3.8, 4) is 0 Å². The fourth-order valence-electron chi connectivity index (χ4n) is 4.63. The summed E-state index contributed by atoms with van der Waals surface area (Å²) in [5.41, 5.74) is 15.7. The van der Waals surface area contributed by atoms with Gasteiger partial charge in [-0.05, 0) is 47.4 Å². The Kier molecular flexibility index (Phi) is 7.22. The van der Waals surface area contributed by atoms with Crippen LogP contribution in [0.25, 0.3) is 16.0 Å². The molecule has 0 fully saturated rings. The lowest BCUT2D eigenvalue weighted by molar-refractivity contribution is -0.113. The number of nitrogens with one attached hydrogen (secondary N) is 2. The second-order valence-corrected chi connectivity index (χ2v) is 9.25. The standard InChI is InChI=1S/C29H27N9O/c1-19-7-12-25-23(13-19)24(14-26(35-25)22-5-3-2-4-6-22)29(39)38(32)28-17-34-37(27(28)16-33-36-31)18-21-10-8-20(15-30)9-11-21/h2-15,17,26,30,35H,16,18,32H2,1H3. The topological polar surface area (TPSA) is 149 Å². The number of nitrogens with two attached hydrogens (primary N) is 1. The largest absolute Gasteiger partial charge is 0.374 e. The van der Waals surface area contributed by atoms with E-state index in [1.54, 1.807) is 4.68 Å². The van der Waals surface area contributed by atoms with Crippen LogP contribution in [0.5, 0.6) is 0 Å². The molecule has 4 N–H and O–H groups in total. The van der Waals surface area contributed by atoms with Gasteiger partial charge in [-0.2, -0.15) is 5.10 Å². The summed E-state index contributed by atoms with van der Waals surface area (Å²) in [5.74, 6) is 6.07. The fraction of sp³-hybridized carbons (Fsp3) is 0.138. The van der Waals surface area contributed by atoms with Crippen LogP contribution in [-0.2, 0) is 17.9 Å². The van der Waals surface area contributed by atoms with Gasteiger partial charge < -0.3 is 10.7 Å². The lowest BCUT2D eigenvalue weighted by Gasteiger charge is -2.28. The van der Waals surface area contributed by atoms with Gasteiger partial charge in [0.1, 0.15) is 5.69 Å². The lowest BCUT2D eigenvalue weighted by atomic mass is 9.92. The number of benzene rings is 3. The molecule has 0 radical (unpaired) electrons. The molecule has 1 unspecified atom stereocenters. The molecule has 1 aliphatic heterocycles. The van der Waals surface area contributed by atoms with Crippen molar-refractivity contribution < 1.29 is 4.79 Å². The number of anilines is 2. The van der Waals surface area contributed by atoms with E-state index < -0.39 is 5.91 Å². The van der Waals surface area contributed by atoms with E-state index in [0.29, 0.717) is 23.5 Å². The van der Waals surface area contributed by atoms with Gasteiger partial charge in [0.05, 0.1) is 31.0 Å². The fourth-order valence-corrected chi connectivity index (χ4v) is 4.63. The van der Waals surface area contributed by atoms with Crippen molar-refractivity contribution in [3.63, 3.8) is 0 Å². The third-order valence-corrected chi connectivity index (χ3v) is 6.67. The van der Waals surface area contributed by atoms with Crippen molar-refractivity contribution in [2.45, 2.75) is 26.1 Å². The Balaban J connectivity index is 1.51. The highest BCUT2D eigenvalue weighted by Gasteiger charge is 2.29. The van der Waals surface area contributed by atoms with E-state index in [-0.39, 0.29) is 12.6 Å². The molecule has 0 spiro atoms. The number of aryl methyl sites for hydroxylation is 1. The van der Waals surface area contributed by atoms with Crippen molar-refractivity contribution in [1.29, 1.82) is 5.41 Å². The summed E-state index contributed by atoms with van der Waals surface area (Å²) in [4.78, 5) is 16.9. The molecule has 10 nitrogen and oxygen atoms in total. The van der Waals surface area contributed by atoms with Crippen LogP contribution >= 0.6 is 0 Å². The predicted octanol–water partition coefficient (Wildman–Crippen LogP) is 5.50. The molecular formula is C29H27N9O. The van der Waals surface area contributed by atoms with Gasteiger partial charge in [0, 0.05) is 28.0 Å². The monoisotopic (exact) mass is 517 g/mol. The number of hydrogen-bond acceptors (Lipinski definition) is 6. The molecule has 10 heteroatoms. The normalized spacial score (nSPS) is 13.9. The minimum absolute atomic E-state index is 0.0334. The number of azide groups is 1. The third kappa shape index (κ3) is 5.28. The molecule has 2 heterocycles. The summed E-state index contributed by atoms with van der Waals surface area (Å²) in [5, 5.41) is 20.2. The van der Waals surface area contributed by atoms with Gasteiger partial charge in [0.15, 0.2) is 0 Å². The zero-order chi connectivity index (χ0) is 27.4. The number of aromatic nitrogens is 2. The third-order valence-electron chi connectivity index (χ3n) is 6.67. The van der Waals surface area contributed by atoms with Crippen LogP contribution in [0, 0.1) is 12.3 Å². The summed E-state index contributed by atoms with van der Waals surface area (Å²) in [7, 11) is 0. The lowest BCUT2D eigenvalue weighted by Crippen LogP contribution is -2.39. The maximum absolute atomic E-state index is 14.0. The highest BCUT2D eigenvalue weighted by Crippen LogP contribution is 2.37. The predicted molar refractivity (Wildman–Crippen MR) is 152 cm³/mol. The van der Waals surface area contributed by atoms with Crippen molar-refractivity contribution in [2.75, 3.05) is 10.3 Å². The number of fused-ring (bicyclic) bond motifs is 1. The van der Waals surface area contributed by atoms with Crippen LogP contribution in [0.3, 0.4) is 0 Å². The number of carbonyl (C=O) groups is 1. The molecule has 1 atom stereocenters. The van der Waals surface area contributed by atoms with Crippen molar-refractivity contribution >= 4 is 29.1 Å². The van der Waals surface area contributed by atoms with Crippen LogP contribution < -0.4 is 16.2 Å². The van der Waals surface area contributed by atoms with Crippen molar-refractivity contribution in [1.82, 2.24) is 9.78 Å².